The van der Waals surface area contributed by atoms with Crippen molar-refractivity contribution in [3.8, 4) is 5.88 Å². The highest BCUT2D eigenvalue weighted by molar-refractivity contribution is 5.86. The molecule has 0 radical (unpaired) electrons. The number of rotatable bonds is 2. The van der Waals surface area contributed by atoms with Gasteiger partial charge in [-0.05, 0) is 55.7 Å². The highest BCUT2D eigenvalue weighted by atomic mass is 16.5. The van der Waals surface area contributed by atoms with Crippen LogP contribution in [0.15, 0.2) is 42.7 Å². The first kappa shape index (κ1) is 16.5. The normalized spacial score (nSPS) is 17.0. The molecule has 0 spiro atoms. The molecule has 3 heterocycles. The highest BCUT2D eigenvalue weighted by Gasteiger charge is 2.29. The predicted molar refractivity (Wildman–Crippen MR) is 99.8 cm³/mol. The molecule has 0 aliphatic carbocycles. The number of hydrogen-bond donors (Lipinski definition) is 0. The fourth-order valence-corrected chi connectivity index (χ4v) is 3.47. The van der Waals surface area contributed by atoms with Crippen molar-refractivity contribution in [1.82, 2.24) is 14.9 Å². The summed E-state index contributed by atoms with van der Waals surface area (Å²) in [4.78, 5) is 23.4. The van der Waals surface area contributed by atoms with Crippen molar-refractivity contribution in [2.75, 3.05) is 0 Å². The van der Waals surface area contributed by atoms with E-state index in [9.17, 15) is 4.79 Å². The number of nitrogens with zero attached hydrogens (tertiary/aromatic N) is 3. The number of carbonyl (C=O) groups excluding carboxylic acids is 1. The van der Waals surface area contributed by atoms with E-state index in [1.165, 1.54) is 11.1 Å². The monoisotopic (exact) mass is 347 g/mol. The fraction of sp³-hybridized carbons (Fsp3) is 0.286. The smallest absolute Gasteiger partial charge is 0.264 e. The van der Waals surface area contributed by atoms with Gasteiger partial charge in [0.1, 0.15) is 0 Å². The molecule has 1 aliphatic rings. The van der Waals surface area contributed by atoms with Gasteiger partial charge in [-0.1, -0.05) is 12.1 Å². The zero-order valence-electron chi connectivity index (χ0n) is 15.2. The summed E-state index contributed by atoms with van der Waals surface area (Å²) in [6.07, 6.45) is 2.95. The molecule has 5 nitrogen and oxygen atoms in total. The summed E-state index contributed by atoms with van der Waals surface area (Å²) in [5.74, 6) is 0.515. The van der Waals surface area contributed by atoms with E-state index in [0.717, 1.165) is 22.0 Å². The number of amides is 1. The Labute approximate surface area is 152 Å². The Morgan fingerprint density at radius 1 is 1.27 bits per heavy atom. The van der Waals surface area contributed by atoms with E-state index in [1.807, 2.05) is 17.0 Å². The molecule has 0 bridgehead atoms. The molecule has 1 amide bonds. The molecule has 0 saturated carbocycles. The predicted octanol–water partition coefficient (Wildman–Crippen LogP) is 3.56. The van der Waals surface area contributed by atoms with Crippen molar-refractivity contribution in [1.29, 1.82) is 0 Å². The molecule has 0 saturated heterocycles. The van der Waals surface area contributed by atoms with Crippen LogP contribution in [0.3, 0.4) is 0 Å². The number of hydrogen-bond acceptors (Lipinski definition) is 4. The van der Waals surface area contributed by atoms with Gasteiger partial charge in [-0.3, -0.25) is 9.78 Å². The van der Waals surface area contributed by atoms with Crippen LogP contribution >= 0.6 is 0 Å². The lowest BCUT2D eigenvalue weighted by atomic mass is 10.0. The number of pyridine rings is 2. The van der Waals surface area contributed by atoms with E-state index in [0.29, 0.717) is 19.0 Å². The Morgan fingerprint density at radius 3 is 2.88 bits per heavy atom. The summed E-state index contributed by atoms with van der Waals surface area (Å²) in [5, 5.41) is 1.10. The van der Waals surface area contributed by atoms with Crippen molar-refractivity contribution in [3.05, 3.63) is 65.0 Å². The van der Waals surface area contributed by atoms with Crippen LogP contribution in [0.4, 0.5) is 0 Å². The second-order valence-electron chi connectivity index (χ2n) is 6.92. The molecule has 3 aromatic rings. The maximum Gasteiger partial charge on any atom is 0.264 e. The first-order chi connectivity index (χ1) is 12.5. The van der Waals surface area contributed by atoms with Crippen LogP contribution in [0.5, 0.6) is 5.88 Å². The molecule has 0 N–H and O–H groups in total. The van der Waals surface area contributed by atoms with Crippen molar-refractivity contribution in [3.63, 3.8) is 0 Å². The lowest BCUT2D eigenvalue weighted by Gasteiger charge is -2.22. The molecule has 2 aromatic heterocycles. The van der Waals surface area contributed by atoms with E-state index in [4.69, 9.17) is 9.72 Å². The zero-order valence-corrected chi connectivity index (χ0v) is 15.2. The molecule has 0 unspecified atom stereocenters. The van der Waals surface area contributed by atoms with Gasteiger partial charge in [0, 0.05) is 29.9 Å². The second kappa shape index (κ2) is 6.41. The number of benzene rings is 1. The van der Waals surface area contributed by atoms with Gasteiger partial charge >= 0.3 is 0 Å². The van der Waals surface area contributed by atoms with Crippen molar-refractivity contribution >= 4 is 16.8 Å². The molecular weight excluding hydrogens is 326 g/mol. The molecule has 1 atom stereocenters. The summed E-state index contributed by atoms with van der Waals surface area (Å²) < 4.78 is 5.91. The summed E-state index contributed by atoms with van der Waals surface area (Å²) >= 11 is 0. The van der Waals surface area contributed by atoms with Crippen LogP contribution in [0.1, 0.15) is 29.2 Å². The molecule has 26 heavy (non-hydrogen) atoms. The topological polar surface area (TPSA) is 55.3 Å². The number of carbonyl (C=O) groups is 1. The molecule has 1 aromatic carbocycles. The van der Waals surface area contributed by atoms with E-state index >= 15 is 0 Å². The van der Waals surface area contributed by atoms with Gasteiger partial charge < -0.3 is 9.64 Å². The molecule has 5 heteroatoms. The molecular formula is C21H21N3O2. The highest BCUT2D eigenvalue weighted by Crippen LogP contribution is 2.30. The fourth-order valence-electron chi connectivity index (χ4n) is 3.47. The third-order valence-corrected chi connectivity index (χ3v) is 4.73. The molecule has 4 rings (SSSR count). The second-order valence-corrected chi connectivity index (χ2v) is 6.92. The minimum Gasteiger partial charge on any atom is -0.464 e. The number of aromatic nitrogens is 2. The molecule has 0 fully saturated rings. The zero-order chi connectivity index (χ0) is 18.3. The van der Waals surface area contributed by atoms with E-state index < -0.39 is 6.10 Å². The van der Waals surface area contributed by atoms with Gasteiger partial charge in [0.25, 0.3) is 5.91 Å². The van der Waals surface area contributed by atoms with Gasteiger partial charge in [0.2, 0.25) is 5.88 Å². The Hall–Kier alpha value is -2.95. The molecule has 132 valence electrons. The Bertz CT molecular complexity index is 985. The van der Waals surface area contributed by atoms with Crippen LogP contribution < -0.4 is 4.74 Å². The Balaban J connectivity index is 1.76. The number of fused-ring (bicyclic) bond motifs is 2. The maximum absolute atomic E-state index is 12.8. The van der Waals surface area contributed by atoms with Gasteiger partial charge in [-0.15, -0.1) is 0 Å². The van der Waals surface area contributed by atoms with Crippen molar-refractivity contribution in [2.45, 2.75) is 40.0 Å². The van der Waals surface area contributed by atoms with Gasteiger partial charge in [0.15, 0.2) is 6.10 Å². The van der Waals surface area contributed by atoms with E-state index in [2.05, 4.69) is 37.0 Å². The lowest BCUT2D eigenvalue weighted by Crippen LogP contribution is -2.37. The largest absolute Gasteiger partial charge is 0.464 e. The summed E-state index contributed by atoms with van der Waals surface area (Å²) in [6.45, 7) is 6.90. The summed E-state index contributed by atoms with van der Waals surface area (Å²) in [5.41, 5.74) is 5.18. The SMILES string of the molecule is Cc1cc(C)c2cc3c(nc2c1)O[C@H](C)C(=O)N(Cc1cccnc1)C3. The maximum atomic E-state index is 12.8. The van der Waals surface area contributed by atoms with Crippen LogP contribution in [-0.4, -0.2) is 26.9 Å². The third-order valence-electron chi connectivity index (χ3n) is 4.73. The third kappa shape index (κ3) is 3.01. The summed E-state index contributed by atoms with van der Waals surface area (Å²) in [6, 6.07) is 10.2. The standard InChI is InChI=1S/C21H21N3O2/c1-13-7-14(2)18-9-17-12-24(11-16-5-4-6-22-10-16)21(25)15(3)26-20(17)23-19(18)8-13/h4-10,15H,11-12H2,1-3H3/t15-/m1/s1. The number of ether oxygens (including phenoxy) is 1. The minimum atomic E-state index is -0.566. The van der Waals surface area contributed by atoms with E-state index in [-0.39, 0.29) is 5.91 Å². The minimum absolute atomic E-state index is 0.0381. The first-order valence-electron chi connectivity index (χ1n) is 8.76. The number of aryl methyl sites for hydroxylation is 2. The van der Waals surface area contributed by atoms with Crippen molar-refractivity contribution < 1.29 is 9.53 Å². The van der Waals surface area contributed by atoms with Gasteiger partial charge in [-0.25, -0.2) is 4.98 Å². The quantitative estimate of drug-likeness (QED) is 0.711. The van der Waals surface area contributed by atoms with Crippen molar-refractivity contribution in [2.24, 2.45) is 0 Å². The molecule has 1 aliphatic heterocycles. The van der Waals surface area contributed by atoms with Crippen LogP contribution in [0.2, 0.25) is 0 Å². The Kier molecular flexibility index (Phi) is 4.07. The lowest BCUT2D eigenvalue weighted by molar-refractivity contribution is -0.138. The van der Waals surface area contributed by atoms with Crippen LogP contribution in [0, 0.1) is 13.8 Å². The van der Waals surface area contributed by atoms with Gasteiger partial charge in [-0.2, -0.15) is 0 Å². The summed E-state index contributed by atoms with van der Waals surface area (Å²) in [7, 11) is 0. The van der Waals surface area contributed by atoms with E-state index in [1.54, 1.807) is 19.3 Å². The van der Waals surface area contributed by atoms with Crippen LogP contribution in [0.25, 0.3) is 10.9 Å². The van der Waals surface area contributed by atoms with Gasteiger partial charge in [0.05, 0.1) is 12.1 Å². The average molecular weight is 347 g/mol. The first-order valence-corrected chi connectivity index (χ1v) is 8.76. The average Bonchev–Trinajstić information content (AvgIpc) is 2.72. The Morgan fingerprint density at radius 2 is 2.12 bits per heavy atom. The van der Waals surface area contributed by atoms with Crippen LogP contribution in [-0.2, 0) is 17.9 Å².